The summed E-state index contributed by atoms with van der Waals surface area (Å²) in [4.78, 5) is 12.2. The number of nitrogens with zero attached hydrogens (tertiary/aromatic N) is 3. The van der Waals surface area contributed by atoms with Crippen LogP contribution in [0.2, 0.25) is 0 Å². The van der Waals surface area contributed by atoms with Crippen molar-refractivity contribution in [1.29, 1.82) is 0 Å². The van der Waals surface area contributed by atoms with Gasteiger partial charge in [-0.2, -0.15) is 5.10 Å². The Morgan fingerprint density at radius 3 is 2.78 bits per heavy atom. The summed E-state index contributed by atoms with van der Waals surface area (Å²) in [6.45, 7) is 4.00. The molecule has 2 rings (SSSR count). The predicted octanol–water partition coefficient (Wildman–Crippen LogP) is 1.64. The van der Waals surface area contributed by atoms with Crippen LogP contribution in [0.3, 0.4) is 0 Å². The number of rotatable bonds is 3. The number of carbonyl (C=O) groups excluding carboxylic acids is 1. The van der Waals surface area contributed by atoms with Crippen molar-refractivity contribution in [1.82, 2.24) is 14.3 Å². The zero-order valence-corrected chi connectivity index (χ0v) is 10.7. The Morgan fingerprint density at radius 1 is 1.50 bits per heavy atom. The van der Waals surface area contributed by atoms with Crippen molar-refractivity contribution >= 4 is 17.4 Å². The number of aromatic nitrogens is 3. The van der Waals surface area contributed by atoms with Crippen LogP contribution in [-0.2, 0) is 7.05 Å². The fraction of sp³-hybridized carbons (Fsp3) is 0.333. The highest BCUT2D eigenvalue weighted by atomic mass is 16.2. The average molecular weight is 247 g/mol. The third-order valence-corrected chi connectivity index (χ3v) is 2.72. The molecule has 6 nitrogen and oxygen atoms in total. The highest BCUT2D eigenvalue weighted by Crippen LogP contribution is 2.17. The van der Waals surface area contributed by atoms with E-state index < -0.39 is 0 Å². The SMILES string of the molecule is CC(C)n1cc(N)cc1C(=O)Nc1ccnn1C. The molecule has 1 amide bonds. The Kier molecular flexibility index (Phi) is 3.10. The normalized spacial score (nSPS) is 10.9. The quantitative estimate of drug-likeness (QED) is 0.865. The van der Waals surface area contributed by atoms with Crippen LogP contribution in [0, 0.1) is 0 Å². The van der Waals surface area contributed by atoms with Crippen molar-refractivity contribution in [2.45, 2.75) is 19.9 Å². The summed E-state index contributed by atoms with van der Waals surface area (Å²) in [7, 11) is 1.77. The van der Waals surface area contributed by atoms with Gasteiger partial charge in [0.15, 0.2) is 0 Å². The molecule has 96 valence electrons. The molecule has 3 N–H and O–H groups in total. The van der Waals surface area contributed by atoms with E-state index >= 15 is 0 Å². The zero-order valence-electron chi connectivity index (χ0n) is 10.7. The molecule has 0 aliphatic rings. The fourth-order valence-electron chi connectivity index (χ4n) is 1.79. The summed E-state index contributed by atoms with van der Waals surface area (Å²) in [6, 6.07) is 3.59. The smallest absolute Gasteiger partial charge is 0.273 e. The highest BCUT2D eigenvalue weighted by molar-refractivity contribution is 6.03. The Bertz CT molecular complexity index is 567. The second kappa shape index (κ2) is 4.56. The Balaban J connectivity index is 2.26. The number of anilines is 2. The molecule has 0 radical (unpaired) electrons. The van der Waals surface area contributed by atoms with Crippen molar-refractivity contribution < 1.29 is 4.79 Å². The molecule has 0 spiro atoms. The van der Waals surface area contributed by atoms with E-state index in [0.717, 1.165) is 0 Å². The fourth-order valence-corrected chi connectivity index (χ4v) is 1.79. The van der Waals surface area contributed by atoms with E-state index in [-0.39, 0.29) is 11.9 Å². The van der Waals surface area contributed by atoms with Crippen molar-refractivity contribution in [3.8, 4) is 0 Å². The van der Waals surface area contributed by atoms with Crippen LogP contribution in [0.25, 0.3) is 0 Å². The van der Waals surface area contributed by atoms with Gasteiger partial charge >= 0.3 is 0 Å². The first kappa shape index (κ1) is 12.2. The van der Waals surface area contributed by atoms with Gasteiger partial charge in [-0.1, -0.05) is 0 Å². The Hall–Kier alpha value is -2.24. The summed E-state index contributed by atoms with van der Waals surface area (Å²) in [5, 5.41) is 6.80. The van der Waals surface area contributed by atoms with Gasteiger partial charge in [0.25, 0.3) is 5.91 Å². The maximum atomic E-state index is 12.2. The lowest BCUT2D eigenvalue weighted by atomic mass is 10.3. The molecule has 0 saturated heterocycles. The van der Waals surface area contributed by atoms with E-state index in [0.29, 0.717) is 17.2 Å². The second-order valence-electron chi connectivity index (χ2n) is 4.45. The molecule has 2 aromatic rings. The highest BCUT2D eigenvalue weighted by Gasteiger charge is 2.15. The molecule has 0 unspecified atom stereocenters. The molecular formula is C12H17N5O. The molecule has 18 heavy (non-hydrogen) atoms. The lowest BCUT2D eigenvalue weighted by Gasteiger charge is -2.12. The zero-order chi connectivity index (χ0) is 13.3. The first-order valence-electron chi connectivity index (χ1n) is 5.75. The summed E-state index contributed by atoms with van der Waals surface area (Å²) in [6.07, 6.45) is 3.40. The van der Waals surface area contributed by atoms with Crippen LogP contribution < -0.4 is 11.1 Å². The Labute approximate surface area is 105 Å². The van der Waals surface area contributed by atoms with Gasteiger partial charge in [-0.05, 0) is 19.9 Å². The van der Waals surface area contributed by atoms with Gasteiger partial charge in [0.2, 0.25) is 0 Å². The summed E-state index contributed by atoms with van der Waals surface area (Å²) >= 11 is 0. The number of amides is 1. The monoisotopic (exact) mass is 247 g/mol. The van der Waals surface area contributed by atoms with Gasteiger partial charge in [-0.25, -0.2) is 0 Å². The van der Waals surface area contributed by atoms with E-state index in [2.05, 4.69) is 10.4 Å². The molecule has 0 saturated carbocycles. The van der Waals surface area contributed by atoms with Crippen LogP contribution >= 0.6 is 0 Å². The second-order valence-corrected chi connectivity index (χ2v) is 4.45. The molecule has 0 aromatic carbocycles. The van der Waals surface area contributed by atoms with Gasteiger partial charge in [0.05, 0.1) is 11.9 Å². The predicted molar refractivity (Wildman–Crippen MR) is 70.4 cm³/mol. The molecule has 2 heterocycles. The molecule has 0 atom stereocenters. The van der Waals surface area contributed by atoms with Crippen LogP contribution in [0.1, 0.15) is 30.4 Å². The number of carbonyl (C=O) groups is 1. The molecule has 0 aliphatic heterocycles. The van der Waals surface area contributed by atoms with Gasteiger partial charge < -0.3 is 15.6 Å². The number of nitrogens with one attached hydrogen (secondary N) is 1. The first-order chi connectivity index (χ1) is 8.49. The molecule has 0 fully saturated rings. The van der Waals surface area contributed by atoms with Crippen molar-refractivity contribution in [2.75, 3.05) is 11.1 Å². The maximum absolute atomic E-state index is 12.2. The van der Waals surface area contributed by atoms with E-state index in [1.54, 1.807) is 36.3 Å². The van der Waals surface area contributed by atoms with Crippen LogP contribution in [-0.4, -0.2) is 20.3 Å². The molecule has 0 bridgehead atoms. The largest absolute Gasteiger partial charge is 0.397 e. The minimum absolute atomic E-state index is 0.176. The molecular weight excluding hydrogens is 230 g/mol. The van der Waals surface area contributed by atoms with E-state index in [1.807, 2.05) is 18.4 Å². The number of nitrogens with two attached hydrogens (primary N) is 1. The summed E-state index contributed by atoms with van der Waals surface area (Å²) < 4.78 is 3.45. The molecule has 2 aromatic heterocycles. The lowest BCUT2D eigenvalue weighted by Crippen LogP contribution is -2.19. The molecule has 0 aliphatic carbocycles. The van der Waals surface area contributed by atoms with Crippen molar-refractivity contribution in [3.63, 3.8) is 0 Å². The Morgan fingerprint density at radius 2 is 2.22 bits per heavy atom. The molecule has 6 heteroatoms. The standard InChI is InChI=1S/C12H17N5O/c1-8(2)17-7-9(13)6-10(17)12(18)15-11-4-5-14-16(11)3/h4-8H,13H2,1-3H3,(H,15,18). The van der Waals surface area contributed by atoms with Gasteiger partial charge in [-0.3, -0.25) is 9.48 Å². The number of aryl methyl sites for hydroxylation is 1. The minimum atomic E-state index is -0.191. The topological polar surface area (TPSA) is 77.9 Å². The van der Waals surface area contributed by atoms with Crippen LogP contribution in [0.15, 0.2) is 24.5 Å². The van der Waals surface area contributed by atoms with E-state index in [1.165, 1.54) is 0 Å². The summed E-state index contributed by atoms with van der Waals surface area (Å²) in [5.41, 5.74) is 6.87. The van der Waals surface area contributed by atoms with E-state index in [4.69, 9.17) is 5.73 Å². The maximum Gasteiger partial charge on any atom is 0.273 e. The van der Waals surface area contributed by atoms with Crippen LogP contribution in [0.5, 0.6) is 0 Å². The number of hydrogen-bond donors (Lipinski definition) is 2. The van der Waals surface area contributed by atoms with Crippen molar-refractivity contribution in [3.05, 3.63) is 30.2 Å². The first-order valence-corrected chi connectivity index (χ1v) is 5.75. The van der Waals surface area contributed by atoms with Gasteiger partial charge in [0.1, 0.15) is 11.5 Å². The van der Waals surface area contributed by atoms with E-state index in [9.17, 15) is 4.79 Å². The average Bonchev–Trinajstić information content (AvgIpc) is 2.86. The number of hydrogen-bond acceptors (Lipinski definition) is 3. The third-order valence-electron chi connectivity index (χ3n) is 2.72. The number of nitrogen functional groups attached to an aromatic ring is 1. The lowest BCUT2D eigenvalue weighted by molar-refractivity contribution is 0.101. The van der Waals surface area contributed by atoms with Gasteiger partial charge in [0, 0.05) is 25.4 Å². The van der Waals surface area contributed by atoms with Crippen molar-refractivity contribution in [2.24, 2.45) is 7.05 Å². The third kappa shape index (κ3) is 2.22. The summed E-state index contributed by atoms with van der Waals surface area (Å²) in [5.74, 6) is 0.457. The minimum Gasteiger partial charge on any atom is -0.397 e. The van der Waals surface area contributed by atoms with Crippen LogP contribution in [0.4, 0.5) is 11.5 Å². The van der Waals surface area contributed by atoms with Gasteiger partial charge in [-0.15, -0.1) is 0 Å².